The molecule has 0 aliphatic heterocycles. The standard InChI is InChI=1S/C18H19NO/c1-13-5-4-6-14(2)17(13)12-19-10-9-15-11-16(20-3)7-8-18(15)19/h4-11H,12H2,1-3H3. The minimum Gasteiger partial charge on any atom is -0.497 e. The van der Waals surface area contributed by atoms with Crippen LogP contribution < -0.4 is 4.74 Å². The lowest BCUT2D eigenvalue weighted by molar-refractivity contribution is 0.415. The van der Waals surface area contributed by atoms with Crippen LogP contribution >= 0.6 is 0 Å². The first-order valence-corrected chi connectivity index (χ1v) is 6.87. The Bertz CT molecular complexity index is 735. The molecule has 2 heteroatoms. The molecular formula is C18H19NO. The molecule has 0 atom stereocenters. The first-order valence-electron chi connectivity index (χ1n) is 6.87. The van der Waals surface area contributed by atoms with Crippen molar-refractivity contribution in [1.82, 2.24) is 4.57 Å². The number of aryl methyl sites for hydroxylation is 2. The fourth-order valence-electron chi connectivity index (χ4n) is 2.71. The van der Waals surface area contributed by atoms with E-state index in [0.717, 1.165) is 12.3 Å². The Kier molecular flexibility index (Phi) is 3.23. The third-order valence-electron chi connectivity index (χ3n) is 3.95. The summed E-state index contributed by atoms with van der Waals surface area (Å²) in [6, 6.07) is 14.8. The van der Waals surface area contributed by atoms with E-state index < -0.39 is 0 Å². The minimum absolute atomic E-state index is 0.905. The summed E-state index contributed by atoms with van der Waals surface area (Å²) in [4.78, 5) is 0. The molecule has 0 amide bonds. The number of aromatic nitrogens is 1. The summed E-state index contributed by atoms with van der Waals surface area (Å²) in [6.45, 7) is 5.27. The van der Waals surface area contributed by atoms with Gasteiger partial charge in [-0.3, -0.25) is 0 Å². The van der Waals surface area contributed by atoms with Gasteiger partial charge in [-0.2, -0.15) is 0 Å². The van der Waals surface area contributed by atoms with Crippen molar-refractivity contribution in [3.63, 3.8) is 0 Å². The third-order valence-corrected chi connectivity index (χ3v) is 3.95. The van der Waals surface area contributed by atoms with E-state index in [-0.39, 0.29) is 0 Å². The maximum atomic E-state index is 5.28. The molecule has 0 saturated carbocycles. The summed E-state index contributed by atoms with van der Waals surface area (Å²) >= 11 is 0. The van der Waals surface area contributed by atoms with Gasteiger partial charge in [0.1, 0.15) is 5.75 Å². The van der Waals surface area contributed by atoms with E-state index in [9.17, 15) is 0 Å². The van der Waals surface area contributed by atoms with Crippen molar-refractivity contribution in [2.24, 2.45) is 0 Å². The topological polar surface area (TPSA) is 14.2 Å². The molecule has 2 aromatic carbocycles. The van der Waals surface area contributed by atoms with Crippen molar-refractivity contribution in [2.45, 2.75) is 20.4 Å². The number of hydrogen-bond donors (Lipinski definition) is 0. The number of nitrogens with zero attached hydrogens (tertiary/aromatic N) is 1. The SMILES string of the molecule is COc1ccc2c(ccn2Cc2c(C)cccc2C)c1. The zero-order valence-corrected chi connectivity index (χ0v) is 12.2. The van der Waals surface area contributed by atoms with Gasteiger partial charge in [-0.05, 0) is 54.8 Å². The number of fused-ring (bicyclic) bond motifs is 1. The maximum Gasteiger partial charge on any atom is 0.119 e. The van der Waals surface area contributed by atoms with Gasteiger partial charge in [-0.15, -0.1) is 0 Å². The quantitative estimate of drug-likeness (QED) is 0.688. The van der Waals surface area contributed by atoms with Crippen LogP contribution in [-0.4, -0.2) is 11.7 Å². The molecule has 0 aliphatic rings. The van der Waals surface area contributed by atoms with Crippen molar-refractivity contribution < 1.29 is 4.74 Å². The van der Waals surface area contributed by atoms with Gasteiger partial charge in [0, 0.05) is 23.6 Å². The minimum atomic E-state index is 0.905. The lowest BCUT2D eigenvalue weighted by Crippen LogP contribution is -2.02. The molecule has 3 rings (SSSR count). The van der Waals surface area contributed by atoms with E-state index in [1.807, 2.05) is 6.07 Å². The van der Waals surface area contributed by atoms with Crippen LogP contribution in [0.4, 0.5) is 0 Å². The highest BCUT2D eigenvalue weighted by Crippen LogP contribution is 2.24. The van der Waals surface area contributed by atoms with E-state index in [1.54, 1.807) is 7.11 Å². The van der Waals surface area contributed by atoms with Crippen molar-refractivity contribution >= 4 is 10.9 Å². The fourth-order valence-corrected chi connectivity index (χ4v) is 2.71. The zero-order chi connectivity index (χ0) is 14.1. The highest BCUT2D eigenvalue weighted by Gasteiger charge is 2.06. The smallest absolute Gasteiger partial charge is 0.119 e. The van der Waals surface area contributed by atoms with Crippen LogP contribution in [0.15, 0.2) is 48.7 Å². The number of hydrogen-bond acceptors (Lipinski definition) is 1. The van der Waals surface area contributed by atoms with Crippen LogP contribution in [0.2, 0.25) is 0 Å². The van der Waals surface area contributed by atoms with Crippen LogP contribution in [0.25, 0.3) is 10.9 Å². The van der Waals surface area contributed by atoms with E-state index in [2.05, 4.69) is 61.0 Å². The van der Waals surface area contributed by atoms with Gasteiger partial charge in [-0.1, -0.05) is 18.2 Å². The average Bonchev–Trinajstić information content (AvgIpc) is 2.85. The summed E-state index contributed by atoms with van der Waals surface area (Å²) in [5.41, 5.74) is 5.34. The predicted molar refractivity (Wildman–Crippen MR) is 83.5 cm³/mol. The molecule has 0 saturated heterocycles. The largest absolute Gasteiger partial charge is 0.497 e. The Morgan fingerprint density at radius 3 is 2.45 bits per heavy atom. The van der Waals surface area contributed by atoms with E-state index >= 15 is 0 Å². The van der Waals surface area contributed by atoms with E-state index in [4.69, 9.17) is 4.74 Å². The number of ether oxygens (including phenoxy) is 1. The van der Waals surface area contributed by atoms with Crippen LogP contribution in [0, 0.1) is 13.8 Å². The first-order chi connectivity index (χ1) is 9.69. The Labute approximate surface area is 119 Å². The first kappa shape index (κ1) is 12.8. The highest BCUT2D eigenvalue weighted by atomic mass is 16.5. The maximum absolute atomic E-state index is 5.28. The van der Waals surface area contributed by atoms with Gasteiger partial charge >= 0.3 is 0 Å². The number of rotatable bonds is 3. The predicted octanol–water partition coefficient (Wildman–Crippen LogP) is 4.32. The van der Waals surface area contributed by atoms with Gasteiger partial charge in [0.25, 0.3) is 0 Å². The molecule has 3 aromatic rings. The zero-order valence-electron chi connectivity index (χ0n) is 12.2. The second kappa shape index (κ2) is 5.04. The van der Waals surface area contributed by atoms with Gasteiger partial charge in [0.2, 0.25) is 0 Å². The van der Waals surface area contributed by atoms with Crippen LogP contribution in [0.5, 0.6) is 5.75 Å². The molecule has 20 heavy (non-hydrogen) atoms. The van der Waals surface area contributed by atoms with E-state index in [0.29, 0.717) is 0 Å². The summed E-state index contributed by atoms with van der Waals surface area (Å²) in [5.74, 6) is 0.905. The Morgan fingerprint density at radius 1 is 1.00 bits per heavy atom. The lowest BCUT2D eigenvalue weighted by Gasteiger charge is -2.12. The van der Waals surface area contributed by atoms with Crippen LogP contribution in [0.1, 0.15) is 16.7 Å². The normalized spacial score (nSPS) is 10.9. The van der Waals surface area contributed by atoms with Crippen LogP contribution in [0.3, 0.4) is 0 Å². The number of methoxy groups -OCH3 is 1. The molecule has 102 valence electrons. The molecular weight excluding hydrogens is 246 g/mol. The van der Waals surface area contributed by atoms with Gasteiger partial charge in [-0.25, -0.2) is 0 Å². The van der Waals surface area contributed by atoms with Crippen molar-refractivity contribution in [2.75, 3.05) is 7.11 Å². The Hall–Kier alpha value is -2.22. The molecule has 0 bridgehead atoms. The molecule has 0 aliphatic carbocycles. The molecule has 0 radical (unpaired) electrons. The molecule has 0 fully saturated rings. The van der Waals surface area contributed by atoms with Gasteiger partial charge in [0.15, 0.2) is 0 Å². The molecule has 0 N–H and O–H groups in total. The Morgan fingerprint density at radius 2 is 1.75 bits per heavy atom. The summed E-state index contributed by atoms with van der Waals surface area (Å²) in [6.07, 6.45) is 2.15. The Balaban J connectivity index is 2.03. The second-order valence-electron chi connectivity index (χ2n) is 5.24. The fraction of sp³-hybridized carbons (Fsp3) is 0.222. The van der Waals surface area contributed by atoms with Crippen molar-refractivity contribution in [1.29, 1.82) is 0 Å². The van der Waals surface area contributed by atoms with E-state index in [1.165, 1.54) is 27.6 Å². The van der Waals surface area contributed by atoms with Crippen molar-refractivity contribution in [3.05, 3.63) is 65.4 Å². The molecule has 0 spiro atoms. The molecule has 1 aromatic heterocycles. The molecule has 0 unspecified atom stereocenters. The monoisotopic (exact) mass is 265 g/mol. The van der Waals surface area contributed by atoms with Crippen LogP contribution in [-0.2, 0) is 6.54 Å². The molecule has 1 heterocycles. The average molecular weight is 265 g/mol. The highest BCUT2D eigenvalue weighted by molar-refractivity contribution is 5.81. The lowest BCUT2D eigenvalue weighted by atomic mass is 10.0. The van der Waals surface area contributed by atoms with Gasteiger partial charge < -0.3 is 9.30 Å². The van der Waals surface area contributed by atoms with Crippen molar-refractivity contribution in [3.8, 4) is 5.75 Å². The van der Waals surface area contributed by atoms with Gasteiger partial charge in [0.05, 0.1) is 7.11 Å². The molecule has 2 nitrogen and oxygen atoms in total. The third kappa shape index (κ3) is 2.18. The number of benzene rings is 2. The second-order valence-corrected chi connectivity index (χ2v) is 5.24. The summed E-state index contributed by atoms with van der Waals surface area (Å²) in [7, 11) is 1.70. The summed E-state index contributed by atoms with van der Waals surface area (Å²) in [5, 5.41) is 1.22. The summed E-state index contributed by atoms with van der Waals surface area (Å²) < 4.78 is 7.57.